The number of carbonyl (C=O) groups is 1. The molecule has 1 fully saturated rings. The molecule has 4 aromatic rings. The maximum absolute atomic E-state index is 13.9. The van der Waals surface area contributed by atoms with Crippen LogP contribution in [0.2, 0.25) is 0 Å². The number of nitrogens with one attached hydrogen (secondary N) is 2. The van der Waals surface area contributed by atoms with Gasteiger partial charge in [-0.25, -0.2) is 14.4 Å². The minimum atomic E-state index is -0.981. The number of halogens is 2. The van der Waals surface area contributed by atoms with Gasteiger partial charge in [-0.15, -0.1) is 0 Å². The maximum atomic E-state index is 13.9. The lowest BCUT2D eigenvalue weighted by atomic mass is 9.93. The normalized spacial score (nSPS) is 18.0. The molecule has 1 aliphatic carbocycles. The number of nitrogens with zero attached hydrogens (tertiary/aromatic N) is 5. The molecule has 182 valence electrons. The number of hydrogen-bond acceptors (Lipinski definition) is 7. The Labute approximate surface area is 198 Å². The van der Waals surface area contributed by atoms with Crippen molar-refractivity contribution >= 4 is 11.6 Å². The van der Waals surface area contributed by atoms with E-state index in [1.165, 1.54) is 12.5 Å². The van der Waals surface area contributed by atoms with Gasteiger partial charge in [-0.3, -0.25) is 14.6 Å². The van der Waals surface area contributed by atoms with Crippen LogP contribution in [0.1, 0.15) is 49.1 Å². The third-order valence-corrected chi connectivity index (χ3v) is 5.88. The Hall–Kier alpha value is -3.93. The minimum Gasteiger partial charge on any atom is -0.444 e. The monoisotopic (exact) mass is 483 g/mol. The third-order valence-electron chi connectivity index (χ3n) is 5.88. The molecule has 0 spiro atoms. The number of aromatic amines is 1. The molecule has 2 N–H and O–H groups in total. The number of aromatic nitrogens is 6. The average molecular weight is 483 g/mol. The number of hydrogen-bond donors (Lipinski definition) is 2. The Kier molecular flexibility index (Phi) is 6.36. The van der Waals surface area contributed by atoms with E-state index in [0.717, 1.165) is 31.7 Å². The van der Waals surface area contributed by atoms with E-state index < -0.39 is 17.7 Å². The lowest BCUT2D eigenvalue weighted by molar-refractivity contribution is 0.0260. The van der Waals surface area contributed by atoms with Gasteiger partial charge in [0, 0.05) is 31.1 Å². The highest BCUT2D eigenvalue weighted by Crippen LogP contribution is 2.34. The van der Waals surface area contributed by atoms with Crippen LogP contribution < -0.4 is 5.32 Å². The zero-order valence-electron chi connectivity index (χ0n) is 18.9. The van der Waals surface area contributed by atoms with Crippen LogP contribution in [0.4, 0.5) is 14.5 Å². The summed E-state index contributed by atoms with van der Waals surface area (Å²) in [7, 11) is 0. The summed E-state index contributed by atoms with van der Waals surface area (Å²) in [4.78, 5) is 20.9. The molecule has 1 saturated carbocycles. The van der Waals surface area contributed by atoms with Crippen LogP contribution in [-0.2, 0) is 4.74 Å². The van der Waals surface area contributed by atoms with Crippen LogP contribution in [-0.4, -0.2) is 48.6 Å². The van der Waals surface area contributed by atoms with Crippen molar-refractivity contribution in [2.45, 2.75) is 44.8 Å². The molecule has 0 atom stereocenters. The summed E-state index contributed by atoms with van der Waals surface area (Å²) >= 11 is 0. The van der Waals surface area contributed by atoms with Crippen molar-refractivity contribution in [2.24, 2.45) is 0 Å². The first-order chi connectivity index (χ1) is 17.0. The predicted molar refractivity (Wildman–Crippen MR) is 120 cm³/mol. The molecule has 0 aliphatic heterocycles. The molecular weight excluding hydrogens is 460 g/mol. The average Bonchev–Trinajstić information content (AvgIpc) is 3.59. The molecular formula is C23H23F2N7O3. The SMILES string of the molecule is CCO[C@H]1CC[C@H](n2cc(NC(=O)c3coc(-c4cn[nH]c4)n3)c(-c3cc(F)cc(F)n3)n2)CC1. The Bertz CT molecular complexity index is 1290. The van der Waals surface area contributed by atoms with Crippen LogP contribution in [0.3, 0.4) is 0 Å². The first-order valence-corrected chi connectivity index (χ1v) is 11.3. The summed E-state index contributed by atoms with van der Waals surface area (Å²) in [6.07, 6.45) is 9.57. The van der Waals surface area contributed by atoms with Crippen molar-refractivity contribution in [1.82, 2.24) is 29.9 Å². The number of ether oxygens (including phenoxy) is 1. The van der Waals surface area contributed by atoms with Gasteiger partial charge in [-0.05, 0) is 32.6 Å². The second-order valence-corrected chi connectivity index (χ2v) is 8.23. The van der Waals surface area contributed by atoms with Gasteiger partial charge in [0.1, 0.15) is 17.8 Å². The Morgan fingerprint density at radius 2 is 2.09 bits per heavy atom. The Balaban J connectivity index is 1.43. The van der Waals surface area contributed by atoms with Gasteiger partial charge in [0.2, 0.25) is 11.8 Å². The van der Waals surface area contributed by atoms with E-state index in [0.29, 0.717) is 18.2 Å². The van der Waals surface area contributed by atoms with Gasteiger partial charge in [-0.1, -0.05) is 0 Å². The summed E-state index contributed by atoms with van der Waals surface area (Å²) in [6.45, 7) is 2.64. The number of rotatable bonds is 7. The lowest BCUT2D eigenvalue weighted by Gasteiger charge is -2.28. The van der Waals surface area contributed by atoms with Crippen molar-refractivity contribution < 1.29 is 22.7 Å². The van der Waals surface area contributed by atoms with Crippen LogP contribution >= 0.6 is 0 Å². The molecule has 35 heavy (non-hydrogen) atoms. The molecule has 0 aromatic carbocycles. The van der Waals surface area contributed by atoms with Crippen molar-refractivity contribution in [3.05, 3.63) is 54.4 Å². The quantitative estimate of drug-likeness (QED) is 0.374. The highest BCUT2D eigenvalue weighted by molar-refractivity contribution is 6.04. The van der Waals surface area contributed by atoms with Crippen molar-refractivity contribution in [1.29, 1.82) is 0 Å². The minimum absolute atomic E-state index is 0.0236. The van der Waals surface area contributed by atoms with E-state index in [1.54, 1.807) is 17.1 Å². The zero-order valence-corrected chi connectivity index (χ0v) is 18.9. The number of anilines is 1. The van der Waals surface area contributed by atoms with Gasteiger partial charge < -0.3 is 14.5 Å². The van der Waals surface area contributed by atoms with Crippen molar-refractivity contribution in [3.8, 4) is 22.8 Å². The first-order valence-electron chi connectivity index (χ1n) is 11.3. The van der Waals surface area contributed by atoms with E-state index in [4.69, 9.17) is 9.15 Å². The first kappa shape index (κ1) is 22.8. The molecule has 1 aliphatic rings. The van der Waals surface area contributed by atoms with Crippen LogP contribution in [0, 0.1) is 11.8 Å². The highest BCUT2D eigenvalue weighted by atomic mass is 19.1. The fraction of sp³-hybridized carbons (Fsp3) is 0.348. The topological polar surface area (TPSA) is 124 Å². The Morgan fingerprint density at radius 1 is 1.26 bits per heavy atom. The van der Waals surface area contributed by atoms with Gasteiger partial charge in [-0.2, -0.15) is 14.6 Å². The second-order valence-electron chi connectivity index (χ2n) is 8.23. The fourth-order valence-electron chi connectivity index (χ4n) is 4.22. The fourth-order valence-corrected chi connectivity index (χ4v) is 4.22. The molecule has 12 heteroatoms. The molecule has 0 unspecified atom stereocenters. The summed E-state index contributed by atoms with van der Waals surface area (Å²) in [5.41, 5.74) is 0.989. The Morgan fingerprint density at radius 3 is 2.80 bits per heavy atom. The van der Waals surface area contributed by atoms with Gasteiger partial charge in [0.05, 0.1) is 35.3 Å². The third kappa shape index (κ3) is 4.97. The number of pyridine rings is 1. The van der Waals surface area contributed by atoms with Crippen molar-refractivity contribution in [3.63, 3.8) is 0 Å². The summed E-state index contributed by atoms with van der Waals surface area (Å²) in [5, 5.41) is 13.8. The number of oxazole rings is 1. The van der Waals surface area contributed by atoms with Gasteiger partial charge in [0.15, 0.2) is 5.69 Å². The van der Waals surface area contributed by atoms with Gasteiger partial charge >= 0.3 is 0 Å². The van der Waals surface area contributed by atoms with E-state index in [-0.39, 0.29) is 40.8 Å². The molecule has 0 saturated heterocycles. The summed E-state index contributed by atoms with van der Waals surface area (Å²) < 4.78 is 40.6. The van der Waals surface area contributed by atoms with Crippen molar-refractivity contribution in [2.75, 3.05) is 11.9 Å². The number of amides is 1. The molecule has 10 nitrogen and oxygen atoms in total. The smallest absolute Gasteiger partial charge is 0.277 e. The van der Waals surface area contributed by atoms with Crippen LogP contribution in [0.15, 0.2) is 41.4 Å². The molecule has 0 radical (unpaired) electrons. The predicted octanol–water partition coefficient (Wildman–Crippen LogP) is 4.37. The van der Waals surface area contributed by atoms with Crippen LogP contribution in [0.25, 0.3) is 22.8 Å². The highest BCUT2D eigenvalue weighted by Gasteiger charge is 2.26. The second kappa shape index (κ2) is 9.74. The molecule has 1 amide bonds. The van der Waals surface area contributed by atoms with E-state index in [9.17, 15) is 13.6 Å². The van der Waals surface area contributed by atoms with E-state index in [1.807, 2.05) is 6.92 Å². The van der Waals surface area contributed by atoms with E-state index >= 15 is 0 Å². The number of H-pyrrole nitrogens is 1. The summed E-state index contributed by atoms with van der Waals surface area (Å²) in [5.74, 6) is -2.12. The lowest BCUT2D eigenvalue weighted by Crippen LogP contribution is -2.24. The largest absolute Gasteiger partial charge is 0.444 e. The standard InChI is InChI=1S/C23H23F2N7O3/c1-2-34-16-5-3-15(4-6-16)32-11-18(21(31-32)17-7-14(24)8-20(25)28-17)29-22(33)19-12-35-23(30-19)13-9-26-27-10-13/h7-12,15-16H,2-6H2,1H3,(H,26,27)(H,29,33)/t15-,16-. The zero-order chi connectivity index (χ0) is 24.4. The molecule has 4 heterocycles. The van der Waals surface area contributed by atoms with Gasteiger partial charge in [0.25, 0.3) is 5.91 Å². The van der Waals surface area contributed by atoms with Crippen LogP contribution in [0.5, 0.6) is 0 Å². The maximum Gasteiger partial charge on any atom is 0.277 e. The molecule has 5 rings (SSSR count). The number of carbonyl (C=O) groups excluding carboxylic acids is 1. The van der Waals surface area contributed by atoms with E-state index in [2.05, 4.69) is 30.6 Å². The summed E-state index contributed by atoms with van der Waals surface area (Å²) in [6, 6.07) is 1.81. The molecule has 4 aromatic heterocycles. The molecule has 0 bridgehead atoms.